The van der Waals surface area contributed by atoms with Crippen LogP contribution in [0, 0.1) is 0 Å². The number of benzene rings is 1. The predicted molar refractivity (Wildman–Crippen MR) is 86.0 cm³/mol. The molecule has 0 bridgehead atoms. The van der Waals surface area contributed by atoms with Crippen molar-refractivity contribution in [2.45, 2.75) is 13.0 Å². The summed E-state index contributed by atoms with van der Waals surface area (Å²) in [5, 5.41) is 2.88. The standard InChI is InChI=1S/C15H19N3O3.ClH/c1-20-13-5-4-12(10-14(13)21-2)15(19)17-6-3-8-18-9-7-16-11-18;/h4-5,7,9-11H,3,6,8H2,1-2H3,(H,17,19);1H. The van der Waals surface area contributed by atoms with Crippen LogP contribution in [0.1, 0.15) is 16.8 Å². The molecule has 2 aromatic rings. The van der Waals surface area contributed by atoms with Crippen molar-refractivity contribution in [3.05, 3.63) is 42.5 Å². The molecule has 22 heavy (non-hydrogen) atoms. The number of rotatable bonds is 7. The van der Waals surface area contributed by atoms with Crippen molar-refractivity contribution in [1.82, 2.24) is 14.9 Å². The fourth-order valence-electron chi connectivity index (χ4n) is 1.96. The van der Waals surface area contributed by atoms with E-state index < -0.39 is 0 Å². The number of imidazole rings is 1. The monoisotopic (exact) mass is 325 g/mol. The molecule has 0 aliphatic rings. The Morgan fingerprint density at radius 1 is 1.27 bits per heavy atom. The molecule has 6 nitrogen and oxygen atoms in total. The number of halogens is 1. The molecule has 1 N–H and O–H groups in total. The summed E-state index contributed by atoms with van der Waals surface area (Å²) in [4.78, 5) is 16.0. The van der Waals surface area contributed by atoms with Crippen LogP contribution in [0.15, 0.2) is 36.9 Å². The van der Waals surface area contributed by atoms with E-state index in [0.717, 1.165) is 13.0 Å². The van der Waals surface area contributed by atoms with Crippen LogP contribution in [0.4, 0.5) is 0 Å². The van der Waals surface area contributed by atoms with Gasteiger partial charge < -0.3 is 19.4 Å². The Morgan fingerprint density at radius 2 is 2.05 bits per heavy atom. The molecular formula is C15H20ClN3O3. The van der Waals surface area contributed by atoms with Crippen LogP contribution in [0.5, 0.6) is 11.5 Å². The summed E-state index contributed by atoms with van der Waals surface area (Å²) >= 11 is 0. The minimum Gasteiger partial charge on any atom is -0.493 e. The number of nitrogens with one attached hydrogen (secondary N) is 1. The first-order valence-corrected chi connectivity index (χ1v) is 6.70. The Labute approximate surface area is 135 Å². The van der Waals surface area contributed by atoms with Crippen LogP contribution in [-0.4, -0.2) is 36.2 Å². The topological polar surface area (TPSA) is 65.4 Å². The van der Waals surface area contributed by atoms with Gasteiger partial charge in [0.15, 0.2) is 11.5 Å². The van der Waals surface area contributed by atoms with Crippen LogP contribution >= 0.6 is 12.4 Å². The van der Waals surface area contributed by atoms with Crippen LogP contribution in [0.25, 0.3) is 0 Å². The van der Waals surface area contributed by atoms with E-state index in [0.29, 0.717) is 23.6 Å². The maximum atomic E-state index is 12.0. The summed E-state index contributed by atoms with van der Waals surface area (Å²) in [5.74, 6) is 1.03. The molecule has 1 aromatic heterocycles. The van der Waals surface area contributed by atoms with Crippen molar-refractivity contribution in [3.63, 3.8) is 0 Å². The number of carbonyl (C=O) groups excluding carboxylic acids is 1. The third-order valence-electron chi connectivity index (χ3n) is 3.08. The van der Waals surface area contributed by atoms with Gasteiger partial charge in [-0.1, -0.05) is 0 Å². The Hall–Kier alpha value is -2.21. The molecule has 0 unspecified atom stereocenters. The molecule has 0 aliphatic carbocycles. The van der Waals surface area contributed by atoms with E-state index in [1.54, 1.807) is 44.9 Å². The molecule has 7 heteroatoms. The van der Waals surface area contributed by atoms with E-state index in [2.05, 4.69) is 10.3 Å². The van der Waals surface area contributed by atoms with E-state index in [1.165, 1.54) is 0 Å². The van der Waals surface area contributed by atoms with Gasteiger partial charge >= 0.3 is 0 Å². The van der Waals surface area contributed by atoms with Crippen LogP contribution < -0.4 is 14.8 Å². The molecule has 0 radical (unpaired) electrons. The van der Waals surface area contributed by atoms with Gasteiger partial charge in [-0.3, -0.25) is 4.79 Å². The van der Waals surface area contributed by atoms with Crippen LogP contribution in [0.3, 0.4) is 0 Å². The first-order chi connectivity index (χ1) is 10.2. The van der Waals surface area contributed by atoms with Gasteiger partial charge in [0.1, 0.15) is 0 Å². The zero-order chi connectivity index (χ0) is 15.1. The van der Waals surface area contributed by atoms with Gasteiger partial charge in [0.25, 0.3) is 5.91 Å². The smallest absolute Gasteiger partial charge is 0.251 e. The Balaban J connectivity index is 0.00000242. The lowest BCUT2D eigenvalue weighted by atomic mass is 10.2. The largest absolute Gasteiger partial charge is 0.493 e. The molecule has 0 fully saturated rings. The van der Waals surface area contributed by atoms with Crippen molar-refractivity contribution < 1.29 is 14.3 Å². The zero-order valence-corrected chi connectivity index (χ0v) is 13.4. The lowest BCUT2D eigenvalue weighted by molar-refractivity contribution is 0.0952. The van der Waals surface area contributed by atoms with E-state index in [1.807, 2.05) is 10.8 Å². The lowest BCUT2D eigenvalue weighted by Gasteiger charge is -2.10. The summed E-state index contributed by atoms with van der Waals surface area (Å²) in [6.45, 7) is 1.43. The van der Waals surface area contributed by atoms with E-state index in [4.69, 9.17) is 9.47 Å². The second-order valence-electron chi connectivity index (χ2n) is 4.48. The highest BCUT2D eigenvalue weighted by atomic mass is 35.5. The van der Waals surface area contributed by atoms with Gasteiger partial charge in [-0.2, -0.15) is 0 Å². The minimum absolute atomic E-state index is 0. The highest BCUT2D eigenvalue weighted by Crippen LogP contribution is 2.27. The average molecular weight is 326 g/mol. The van der Waals surface area contributed by atoms with Gasteiger partial charge in [0, 0.05) is 31.0 Å². The molecule has 0 atom stereocenters. The summed E-state index contributed by atoms with van der Waals surface area (Å²) in [6, 6.07) is 5.11. The summed E-state index contributed by atoms with van der Waals surface area (Å²) in [6.07, 6.45) is 6.24. The first-order valence-electron chi connectivity index (χ1n) is 6.70. The molecule has 0 saturated carbocycles. The number of aryl methyl sites for hydroxylation is 1. The van der Waals surface area contributed by atoms with Gasteiger partial charge in [0.05, 0.1) is 20.5 Å². The van der Waals surface area contributed by atoms with Gasteiger partial charge in [-0.15, -0.1) is 12.4 Å². The van der Waals surface area contributed by atoms with Crippen molar-refractivity contribution in [1.29, 1.82) is 0 Å². The number of ether oxygens (including phenoxy) is 2. The normalized spacial score (nSPS) is 9.73. The van der Waals surface area contributed by atoms with E-state index >= 15 is 0 Å². The molecule has 0 spiro atoms. The molecule has 120 valence electrons. The zero-order valence-electron chi connectivity index (χ0n) is 12.6. The quantitative estimate of drug-likeness (QED) is 0.792. The second-order valence-corrected chi connectivity index (χ2v) is 4.48. The summed E-state index contributed by atoms with van der Waals surface area (Å²) < 4.78 is 12.3. The molecule has 0 saturated heterocycles. The maximum Gasteiger partial charge on any atom is 0.251 e. The SMILES string of the molecule is COc1ccc(C(=O)NCCCn2ccnc2)cc1OC.Cl. The van der Waals surface area contributed by atoms with E-state index in [-0.39, 0.29) is 18.3 Å². The number of hydrogen-bond donors (Lipinski definition) is 1. The van der Waals surface area contributed by atoms with E-state index in [9.17, 15) is 4.79 Å². The van der Waals surface area contributed by atoms with Gasteiger partial charge in [-0.05, 0) is 24.6 Å². The van der Waals surface area contributed by atoms with Crippen molar-refractivity contribution in [2.75, 3.05) is 20.8 Å². The number of nitrogens with zero attached hydrogens (tertiary/aromatic N) is 2. The molecule has 1 amide bonds. The third kappa shape index (κ3) is 4.66. The van der Waals surface area contributed by atoms with Crippen molar-refractivity contribution >= 4 is 18.3 Å². The number of hydrogen-bond acceptors (Lipinski definition) is 4. The fraction of sp³-hybridized carbons (Fsp3) is 0.333. The summed E-state index contributed by atoms with van der Waals surface area (Å²) in [7, 11) is 3.11. The highest BCUT2D eigenvalue weighted by Gasteiger charge is 2.10. The number of aromatic nitrogens is 2. The van der Waals surface area contributed by atoms with Gasteiger partial charge in [0.2, 0.25) is 0 Å². The maximum absolute atomic E-state index is 12.0. The van der Waals surface area contributed by atoms with Gasteiger partial charge in [-0.25, -0.2) is 4.98 Å². The van der Waals surface area contributed by atoms with Crippen molar-refractivity contribution in [2.24, 2.45) is 0 Å². The molecule has 0 aliphatic heterocycles. The second kappa shape index (κ2) is 8.94. The number of carbonyl (C=O) groups is 1. The first kappa shape index (κ1) is 17.8. The number of amides is 1. The van der Waals surface area contributed by atoms with Crippen LogP contribution in [0.2, 0.25) is 0 Å². The lowest BCUT2D eigenvalue weighted by Crippen LogP contribution is -2.25. The number of methoxy groups -OCH3 is 2. The summed E-state index contributed by atoms with van der Waals surface area (Å²) in [5.41, 5.74) is 0.551. The highest BCUT2D eigenvalue weighted by molar-refractivity contribution is 5.94. The van der Waals surface area contributed by atoms with Crippen molar-refractivity contribution in [3.8, 4) is 11.5 Å². The Bertz CT molecular complexity index is 588. The molecular weight excluding hydrogens is 306 g/mol. The fourth-order valence-corrected chi connectivity index (χ4v) is 1.96. The molecule has 1 heterocycles. The van der Waals surface area contributed by atoms with Crippen LogP contribution in [-0.2, 0) is 6.54 Å². The molecule has 2 rings (SSSR count). The Morgan fingerprint density at radius 3 is 2.68 bits per heavy atom. The average Bonchev–Trinajstić information content (AvgIpc) is 3.04. The molecule has 1 aromatic carbocycles. The Kier molecular flexibility index (Phi) is 7.25. The third-order valence-corrected chi connectivity index (χ3v) is 3.08. The minimum atomic E-state index is -0.124. The predicted octanol–water partition coefficient (Wildman–Crippen LogP) is 2.14.